The third-order valence-corrected chi connectivity index (χ3v) is 7.48. The Hall–Kier alpha value is -2.02. The van der Waals surface area contributed by atoms with E-state index < -0.39 is 6.04 Å². The largest absolute Gasteiger partial charge is 0.462 e. The summed E-state index contributed by atoms with van der Waals surface area (Å²) in [4.78, 5) is 37.8. The summed E-state index contributed by atoms with van der Waals surface area (Å²) in [5, 5.41) is 5.92. The molecule has 35 heavy (non-hydrogen) atoms. The Morgan fingerprint density at radius 3 is 2.31 bits per heavy atom. The van der Waals surface area contributed by atoms with Crippen LogP contribution in [0.3, 0.4) is 0 Å². The third kappa shape index (κ3) is 10.6. The average Bonchev–Trinajstić information content (AvgIpc) is 2.87. The second-order valence-electron chi connectivity index (χ2n) is 9.55. The van der Waals surface area contributed by atoms with Crippen molar-refractivity contribution >= 4 is 35.2 Å². The van der Waals surface area contributed by atoms with Crippen LogP contribution >= 0.6 is 11.8 Å². The van der Waals surface area contributed by atoms with Gasteiger partial charge in [-0.3, -0.25) is 9.59 Å². The predicted octanol–water partition coefficient (Wildman–Crippen LogP) is 6.21. The second-order valence-corrected chi connectivity index (χ2v) is 10.5. The fourth-order valence-corrected chi connectivity index (χ4v) is 5.15. The summed E-state index contributed by atoms with van der Waals surface area (Å²) in [5.74, 6) is 0.919. The van der Waals surface area contributed by atoms with Gasteiger partial charge in [0.05, 0.1) is 12.2 Å². The first-order chi connectivity index (χ1) is 17.0. The highest BCUT2D eigenvalue weighted by Crippen LogP contribution is 2.32. The van der Waals surface area contributed by atoms with Gasteiger partial charge in [-0.25, -0.2) is 4.79 Å². The van der Waals surface area contributed by atoms with E-state index in [9.17, 15) is 14.4 Å². The Morgan fingerprint density at radius 2 is 1.69 bits per heavy atom. The van der Waals surface area contributed by atoms with Crippen molar-refractivity contribution in [1.82, 2.24) is 5.32 Å². The number of thioether (sulfide) groups is 1. The highest BCUT2D eigenvalue weighted by atomic mass is 32.2. The maximum absolute atomic E-state index is 13.0. The van der Waals surface area contributed by atoms with Crippen LogP contribution in [0.2, 0.25) is 0 Å². The molecule has 1 aliphatic carbocycles. The van der Waals surface area contributed by atoms with Crippen LogP contribution < -0.4 is 10.6 Å². The average molecular weight is 505 g/mol. The molecule has 0 saturated heterocycles. The van der Waals surface area contributed by atoms with E-state index in [2.05, 4.69) is 17.6 Å². The Kier molecular flexibility index (Phi) is 13.9. The predicted molar refractivity (Wildman–Crippen MR) is 145 cm³/mol. The lowest BCUT2D eigenvalue weighted by molar-refractivity contribution is -0.130. The van der Waals surface area contributed by atoms with Gasteiger partial charge < -0.3 is 15.4 Å². The van der Waals surface area contributed by atoms with Crippen LogP contribution in [-0.4, -0.2) is 42.4 Å². The van der Waals surface area contributed by atoms with Crippen LogP contribution in [0.25, 0.3) is 0 Å². The summed E-state index contributed by atoms with van der Waals surface area (Å²) < 4.78 is 5.00. The second kappa shape index (κ2) is 16.6. The van der Waals surface area contributed by atoms with E-state index in [1.165, 1.54) is 38.5 Å². The summed E-state index contributed by atoms with van der Waals surface area (Å²) in [6.07, 6.45) is 14.5. The Balaban J connectivity index is 1.84. The molecule has 0 aliphatic heterocycles. The number of benzene rings is 1. The van der Waals surface area contributed by atoms with Gasteiger partial charge in [-0.15, -0.1) is 0 Å². The smallest absolute Gasteiger partial charge is 0.338 e. The molecule has 1 aliphatic rings. The van der Waals surface area contributed by atoms with E-state index in [1.807, 2.05) is 6.26 Å². The molecule has 1 saturated carbocycles. The van der Waals surface area contributed by atoms with E-state index in [0.29, 0.717) is 24.3 Å². The number of rotatable bonds is 15. The van der Waals surface area contributed by atoms with Crippen molar-refractivity contribution in [3.63, 3.8) is 0 Å². The molecule has 0 bridgehead atoms. The number of hydrogen-bond acceptors (Lipinski definition) is 5. The maximum atomic E-state index is 13.0. The molecular weight excluding hydrogens is 460 g/mol. The zero-order valence-electron chi connectivity index (χ0n) is 21.8. The van der Waals surface area contributed by atoms with Crippen LogP contribution in [0.1, 0.15) is 94.8 Å². The van der Waals surface area contributed by atoms with Crippen LogP contribution in [0.4, 0.5) is 5.69 Å². The molecule has 1 fully saturated rings. The third-order valence-electron chi connectivity index (χ3n) is 6.84. The summed E-state index contributed by atoms with van der Waals surface area (Å²) >= 11 is 1.66. The lowest BCUT2D eigenvalue weighted by Gasteiger charge is -2.29. The fraction of sp³-hybridized carbons (Fsp3) is 0.679. The maximum Gasteiger partial charge on any atom is 0.338 e. The molecule has 2 amide bonds. The number of hydrogen-bond donors (Lipinski definition) is 2. The topological polar surface area (TPSA) is 84.5 Å². The Morgan fingerprint density at radius 1 is 1.00 bits per heavy atom. The van der Waals surface area contributed by atoms with Gasteiger partial charge in [0, 0.05) is 11.6 Å². The molecule has 1 aromatic carbocycles. The van der Waals surface area contributed by atoms with Gasteiger partial charge in [0.25, 0.3) is 0 Å². The van der Waals surface area contributed by atoms with E-state index in [-0.39, 0.29) is 23.7 Å². The van der Waals surface area contributed by atoms with Crippen LogP contribution in [0.5, 0.6) is 0 Å². The van der Waals surface area contributed by atoms with Crippen LogP contribution in [0, 0.1) is 11.8 Å². The first-order valence-electron chi connectivity index (χ1n) is 13.4. The highest BCUT2D eigenvalue weighted by Gasteiger charge is 2.29. The first kappa shape index (κ1) is 29.2. The minimum Gasteiger partial charge on any atom is -0.462 e. The zero-order valence-corrected chi connectivity index (χ0v) is 22.6. The molecule has 0 aromatic heterocycles. The lowest BCUT2D eigenvalue weighted by Crippen LogP contribution is -2.47. The number of carbonyl (C=O) groups excluding carboxylic acids is 3. The number of anilines is 1. The van der Waals surface area contributed by atoms with Crippen LogP contribution in [0.15, 0.2) is 24.3 Å². The minimum absolute atomic E-state index is 0.000201. The standard InChI is InChI=1S/C28H44N2O4S/c1-4-6-7-8-9-10-21-11-13-22(14-12-21)26(31)30-25(19-20-35-3)27(32)29-24-17-15-23(16-18-24)28(33)34-5-2/h15-18,21-22,25H,4-14,19-20H2,1-3H3,(H,29,32)(H,30,31)/t21?,22?,25-/m0/s1. The van der Waals surface area contributed by atoms with Gasteiger partial charge in [0.1, 0.15) is 6.04 Å². The van der Waals surface area contributed by atoms with E-state index in [1.54, 1.807) is 43.0 Å². The van der Waals surface area contributed by atoms with Gasteiger partial charge in [-0.1, -0.05) is 45.4 Å². The monoisotopic (exact) mass is 504 g/mol. The summed E-state index contributed by atoms with van der Waals surface area (Å²) in [5.41, 5.74) is 1.03. The minimum atomic E-state index is -0.573. The normalized spacial score (nSPS) is 18.5. The van der Waals surface area contributed by atoms with Crippen molar-refractivity contribution in [2.24, 2.45) is 11.8 Å². The molecule has 6 nitrogen and oxygen atoms in total. The zero-order chi connectivity index (χ0) is 25.5. The molecule has 0 radical (unpaired) electrons. The van der Waals surface area contributed by atoms with E-state index >= 15 is 0 Å². The van der Waals surface area contributed by atoms with E-state index in [0.717, 1.165) is 37.4 Å². The van der Waals surface area contributed by atoms with Gasteiger partial charge in [0.2, 0.25) is 11.8 Å². The number of carbonyl (C=O) groups is 3. The van der Waals surface area contributed by atoms with Crippen molar-refractivity contribution in [2.45, 2.75) is 90.5 Å². The molecule has 2 N–H and O–H groups in total. The van der Waals surface area contributed by atoms with Crippen molar-refractivity contribution < 1.29 is 19.1 Å². The molecule has 0 heterocycles. The van der Waals surface area contributed by atoms with Gasteiger partial charge in [-0.2, -0.15) is 11.8 Å². The van der Waals surface area contributed by atoms with Crippen molar-refractivity contribution in [2.75, 3.05) is 23.9 Å². The molecule has 0 unspecified atom stereocenters. The Labute approximate surface area is 215 Å². The first-order valence-corrected chi connectivity index (χ1v) is 14.7. The number of nitrogens with one attached hydrogen (secondary N) is 2. The van der Waals surface area contributed by atoms with Crippen molar-refractivity contribution in [3.05, 3.63) is 29.8 Å². The SMILES string of the molecule is CCCCCCCC1CCC(C(=O)N[C@@H](CCSC)C(=O)Nc2ccc(C(=O)OCC)cc2)CC1. The number of unbranched alkanes of at least 4 members (excludes halogenated alkanes) is 4. The van der Waals surface area contributed by atoms with E-state index in [4.69, 9.17) is 4.74 Å². The lowest BCUT2D eigenvalue weighted by atomic mass is 9.79. The molecule has 196 valence electrons. The number of esters is 1. The van der Waals surface area contributed by atoms with Crippen molar-refractivity contribution in [1.29, 1.82) is 0 Å². The van der Waals surface area contributed by atoms with Gasteiger partial charge >= 0.3 is 5.97 Å². The molecule has 0 spiro atoms. The quantitative estimate of drug-likeness (QED) is 0.219. The summed E-state index contributed by atoms with van der Waals surface area (Å²) in [7, 11) is 0. The van der Waals surface area contributed by atoms with Gasteiger partial charge in [-0.05, 0) is 81.2 Å². The molecule has 1 aromatic rings. The molecule has 1 atom stereocenters. The summed E-state index contributed by atoms with van der Waals surface area (Å²) in [6.45, 7) is 4.32. The molecule has 7 heteroatoms. The fourth-order valence-electron chi connectivity index (χ4n) is 4.68. The molecular formula is C28H44N2O4S. The number of amides is 2. The van der Waals surface area contributed by atoms with Crippen molar-refractivity contribution in [3.8, 4) is 0 Å². The van der Waals surface area contributed by atoms with Crippen LogP contribution in [-0.2, 0) is 14.3 Å². The Bertz CT molecular complexity index is 776. The highest BCUT2D eigenvalue weighted by molar-refractivity contribution is 7.98. The summed E-state index contributed by atoms with van der Waals surface area (Å²) in [6, 6.07) is 6.05. The van der Waals surface area contributed by atoms with Gasteiger partial charge in [0.15, 0.2) is 0 Å². The molecule has 2 rings (SSSR count). The number of ether oxygens (including phenoxy) is 1.